The van der Waals surface area contributed by atoms with Gasteiger partial charge in [0.1, 0.15) is 18.0 Å². The van der Waals surface area contributed by atoms with Crippen molar-refractivity contribution in [2.45, 2.75) is 13.8 Å². The van der Waals surface area contributed by atoms with Crippen LogP contribution in [-0.2, 0) is 0 Å². The molecule has 0 atom stereocenters. The minimum absolute atomic E-state index is 0.612. The van der Waals surface area contributed by atoms with Crippen molar-refractivity contribution in [1.82, 2.24) is 9.97 Å². The van der Waals surface area contributed by atoms with Crippen LogP contribution >= 0.6 is 15.9 Å². The standard InChI is InChI=1S/C12H14BrN5/c1-7-5-9(3-4-10(7)13)17-11-8(2)12(18-14)16-6-15-11/h3-6H,14H2,1-2H3,(H2,15,16,17,18). The molecule has 2 aromatic rings. The molecule has 0 aliphatic carbocycles. The highest BCUT2D eigenvalue weighted by Gasteiger charge is 2.06. The van der Waals surface area contributed by atoms with Crippen LogP contribution in [0, 0.1) is 13.8 Å². The predicted octanol–water partition coefficient (Wildman–Crippen LogP) is 2.89. The molecular formula is C12H14BrN5. The first-order valence-electron chi connectivity index (χ1n) is 5.43. The molecule has 18 heavy (non-hydrogen) atoms. The van der Waals surface area contributed by atoms with Gasteiger partial charge in [0.05, 0.1) is 0 Å². The van der Waals surface area contributed by atoms with Crippen molar-refractivity contribution in [2.24, 2.45) is 5.84 Å². The van der Waals surface area contributed by atoms with Gasteiger partial charge in [-0.1, -0.05) is 15.9 Å². The van der Waals surface area contributed by atoms with E-state index in [9.17, 15) is 0 Å². The third-order valence-electron chi connectivity index (χ3n) is 2.64. The van der Waals surface area contributed by atoms with Gasteiger partial charge in [-0.05, 0) is 37.6 Å². The Morgan fingerprint density at radius 2 is 1.89 bits per heavy atom. The van der Waals surface area contributed by atoms with Crippen LogP contribution in [0.5, 0.6) is 0 Å². The molecule has 0 bridgehead atoms. The van der Waals surface area contributed by atoms with Crippen molar-refractivity contribution in [2.75, 3.05) is 10.7 Å². The SMILES string of the molecule is Cc1cc(Nc2ncnc(NN)c2C)ccc1Br. The first kappa shape index (κ1) is 12.8. The normalized spacial score (nSPS) is 10.2. The molecule has 1 heterocycles. The number of hydrazine groups is 1. The second kappa shape index (κ2) is 5.32. The Balaban J connectivity index is 2.31. The summed E-state index contributed by atoms with van der Waals surface area (Å²) in [6.45, 7) is 3.94. The van der Waals surface area contributed by atoms with Crippen molar-refractivity contribution in [3.05, 3.63) is 40.1 Å². The fourth-order valence-electron chi connectivity index (χ4n) is 1.58. The molecule has 0 unspecified atom stereocenters. The first-order valence-corrected chi connectivity index (χ1v) is 6.22. The van der Waals surface area contributed by atoms with Crippen molar-refractivity contribution < 1.29 is 0 Å². The largest absolute Gasteiger partial charge is 0.340 e. The third kappa shape index (κ3) is 2.60. The van der Waals surface area contributed by atoms with E-state index in [2.05, 4.69) is 36.6 Å². The van der Waals surface area contributed by atoms with Crippen LogP contribution in [0.2, 0.25) is 0 Å². The number of nitrogens with one attached hydrogen (secondary N) is 2. The summed E-state index contributed by atoms with van der Waals surface area (Å²) >= 11 is 3.47. The number of benzene rings is 1. The maximum atomic E-state index is 5.38. The zero-order chi connectivity index (χ0) is 13.1. The Morgan fingerprint density at radius 1 is 1.17 bits per heavy atom. The molecule has 0 amide bonds. The fourth-order valence-corrected chi connectivity index (χ4v) is 1.83. The van der Waals surface area contributed by atoms with E-state index in [1.165, 1.54) is 6.33 Å². The smallest absolute Gasteiger partial charge is 0.148 e. The molecule has 0 aliphatic heterocycles. The highest BCUT2D eigenvalue weighted by atomic mass is 79.9. The van der Waals surface area contributed by atoms with Crippen molar-refractivity contribution >= 4 is 33.3 Å². The van der Waals surface area contributed by atoms with Gasteiger partial charge in [-0.3, -0.25) is 0 Å². The molecule has 94 valence electrons. The molecule has 6 heteroatoms. The molecule has 0 fully saturated rings. The van der Waals surface area contributed by atoms with Crippen LogP contribution in [0.1, 0.15) is 11.1 Å². The molecule has 5 nitrogen and oxygen atoms in total. The molecular weight excluding hydrogens is 294 g/mol. The predicted molar refractivity (Wildman–Crippen MR) is 76.7 cm³/mol. The summed E-state index contributed by atoms with van der Waals surface area (Å²) in [7, 11) is 0. The van der Waals surface area contributed by atoms with E-state index in [-0.39, 0.29) is 0 Å². The molecule has 1 aromatic heterocycles. The van der Waals surface area contributed by atoms with Crippen molar-refractivity contribution in [3.8, 4) is 0 Å². The summed E-state index contributed by atoms with van der Waals surface area (Å²) in [6.07, 6.45) is 1.47. The maximum Gasteiger partial charge on any atom is 0.148 e. The number of halogens is 1. The zero-order valence-corrected chi connectivity index (χ0v) is 11.7. The summed E-state index contributed by atoms with van der Waals surface area (Å²) in [5.74, 6) is 6.73. The van der Waals surface area contributed by atoms with Gasteiger partial charge in [-0.15, -0.1) is 0 Å². The van der Waals surface area contributed by atoms with E-state index in [1.54, 1.807) is 0 Å². The molecule has 2 rings (SSSR count). The average Bonchev–Trinajstić information content (AvgIpc) is 2.36. The Morgan fingerprint density at radius 3 is 2.56 bits per heavy atom. The van der Waals surface area contributed by atoms with Gasteiger partial charge in [0.25, 0.3) is 0 Å². The van der Waals surface area contributed by atoms with Crippen LogP contribution < -0.4 is 16.6 Å². The van der Waals surface area contributed by atoms with Gasteiger partial charge in [-0.2, -0.15) is 0 Å². The monoisotopic (exact) mass is 307 g/mol. The Labute approximate surface area is 114 Å². The summed E-state index contributed by atoms with van der Waals surface area (Å²) < 4.78 is 1.08. The van der Waals surface area contributed by atoms with Gasteiger partial charge in [-0.25, -0.2) is 15.8 Å². The molecule has 0 spiro atoms. The van der Waals surface area contributed by atoms with E-state index >= 15 is 0 Å². The minimum atomic E-state index is 0.612. The zero-order valence-electron chi connectivity index (χ0n) is 10.2. The van der Waals surface area contributed by atoms with Crippen LogP contribution in [0.4, 0.5) is 17.3 Å². The highest BCUT2D eigenvalue weighted by molar-refractivity contribution is 9.10. The van der Waals surface area contributed by atoms with E-state index in [4.69, 9.17) is 5.84 Å². The van der Waals surface area contributed by atoms with Crippen molar-refractivity contribution in [1.29, 1.82) is 0 Å². The van der Waals surface area contributed by atoms with Crippen molar-refractivity contribution in [3.63, 3.8) is 0 Å². The van der Waals surface area contributed by atoms with Crippen LogP contribution in [0.15, 0.2) is 29.0 Å². The van der Waals surface area contributed by atoms with Crippen LogP contribution in [0.3, 0.4) is 0 Å². The Bertz CT molecular complexity index is 570. The molecule has 0 saturated carbocycles. The summed E-state index contributed by atoms with van der Waals surface area (Å²) in [5, 5.41) is 3.25. The Kier molecular flexibility index (Phi) is 3.78. The van der Waals surface area contributed by atoms with Gasteiger partial charge >= 0.3 is 0 Å². The summed E-state index contributed by atoms with van der Waals surface area (Å²) in [4.78, 5) is 8.24. The number of nitrogen functional groups attached to an aromatic ring is 1. The van der Waals surface area contributed by atoms with Crippen LogP contribution in [0.25, 0.3) is 0 Å². The fraction of sp³-hybridized carbons (Fsp3) is 0.167. The summed E-state index contributed by atoms with van der Waals surface area (Å²) in [6, 6.07) is 6.02. The quantitative estimate of drug-likeness (QED) is 0.600. The number of aryl methyl sites for hydroxylation is 1. The van der Waals surface area contributed by atoms with Gasteiger partial charge in [0.2, 0.25) is 0 Å². The molecule has 1 aromatic carbocycles. The van der Waals surface area contributed by atoms with E-state index in [0.29, 0.717) is 5.82 Å². The number of hydrogen-bond acceptors (Lipinski definition) is 5. The topological polar surface area (TPSA) is 75.9 Å². The molecule has 4 N–H and O–H groups in total. The van der Waals surface area contributed by atoms with Gasteiger partial charge in [0, 0.05) is 15.7 Å². The average molecular weight is 308 g/mol. The molecule has 0 radical (unpaired) electrons. The lowest BCUT2D eigenvalue weighted by Gasteiger charge is -2.11. The third-order valence-corrected chi connectivity index (χ3v) is 3.53. The van der Waals surface area contributed by atoms with Crippen LogP contribution in [-0.4, -0.2) is 9.97 Å². The lowest BCUT2D eigenvalue weighted by Crippen LogP contribution is -2.11. The van der Waals surface area contributed by atoms with E-state index < -0.39 is 0 Å². The number of aromatic nitrogens is 2. The second-order valence-electron chi connectivity index (χ2n) is 3.93. The minimum Gasteiger partial charge on any atom is -0.340 e. The molecule has 0 aliphatic rings. The lowest BCUT2D eigenvalue weighted by molar-refractivity contribution is 1.10. The number of nitrogens with two attached hydrogens (primary N) is 1. The molecule has 0 saturated heterocycles. The number of rotatable bonds is 3. The number of nitrogens with zero attached hydrogens (tertiary/aromatic N) is 2. The number of anilines is 3. The first-order chi connectivity index (χ1) is 8.61. The number of hydrogen-bond donors (Lipinski definition) is 3. The lowest BCUT2D eigenvalue weighted by atomic mass is 10.2. The van der Waals surface area contributed by atoms with E-state index in [0.717, 1.165) is 27.1 Å². The maximum absolute atomic E-state index is 5.38. The summed E-state index contributed by atoms with van der Waals surface area (Å²) in [5.41, 5.74) is 5.55. The second-order valence-corrected chi connectivity index (χ2v) is 4.78. The van der Waals surface area contributed by atoms with E-state index in [1.807, 2.05) is 32.0 Å². The Hall–Kier alpha value is -1.66. The van der Waals surface area contributed by atoms with Gasteiger partial charge in [0.15, 0.2) is 0 Å². The van der Waals surface area contributed by atoms with Gasteiger partial charge < -0.3 is 10.7 Å². The highest BCUT2D eigenvalue weighted by Crippen LogP contribution is 2.25.